The van der Waals surface area contributed by atoms with Crippen LogP contribution < -0.4 is 0 Å². The summed E-state index contributed by atoms with van der Waals surface area (Å²) < 4.78 is 0. The van der Waals surface area contributed by atoms with Crippen molar-refractivity contribution in [3.05, 3.63) is 60.2 Å². The summed E-state index contributed by atoms with van der Waals surface area (Å²) in [6.07, 6.45) is -1.17. The molecule has 0 bridgehead atoms. The van der Waals surface area contributed by atoms with Gasteiger partial charge in [-0.05, 0) is 34.9 Å². The molecule has 3 heteroatoms. The van der Waals surface area contributed by atoms with Crippen molar-refractivity contribution in [3.63, 3.8) is 0 Å². The quantitative estimate of drug-likeness (QED) is 0.733. The van der Waals surface area contributed by atoms with Crippen molar-refractivity contribution in [2.24, 2.45) is 0 Å². The molecular weight excluding hydrogens is 256 g/mol. The smallest absolute Gasteiger partial charge is 0.105 e. The molecule has 2 rings (SSSR count). The summed E-state index contributed by atoms with van der Waals surface area (Å²) in [4.78, 5) is 0. The predicted molar refractivity (Wildman–Crippen MR) is 81.3 cm³/mol. The molecule has 2 N–H and O–H groups in total. The van der Waals surface area contributed by atoms with Crippen molar-refractivity contribution >= 4 is 12.6 Å². The fourth-order valence-electron chi connectivity index (χ4n) is 2.05. The summed E-state index contributed by atoms with van der Waals surface area (Å²) in [7, 11) is 0. The standard InChI is InChI=1S/C16H18O2S/c17-15(9-10-19)16(18)14-8-4-7-13(11-14)12-5-2-1-3-6-12/h1-8,11,15-19H,9-10H2. The highest BCUT2D eigenvalue weighted by atomic mass is 32.1. The molecule has 2 nitrogen and oxygen atoms in total. The van der Waals surface area contributed by atoms with E-state index >= 15 is 0 Å². The van der Waals surface area contributed by atoms with Gasteiger partial charge in [0.2, 0.25) is 0 Å². The van der Waals surface area contributed by atoms with E-state index in [1.807, 2.05) is 54.6 Å². The van der Waals surface area contributed by atoms with Gasteiger partial charge in [-0.15, -0.1) is 0 Å². The first-order valence-electron chi connectivity index (χ1n) is 6.34. The van der Waals surface area contributed by atoms with Crippen LogP contribution in [0.15, 0.2) is 54.6 Å². The first kappa shape index (κ1) is 14.1. The fraction of sp³-hybridized carbons (Fsp3) is 0.250. The van der Waals surface area contributed by atoms with Gasteiger partial charge in [0.25, 0.3) is 0 Å². The average molecular weight is 274 g/mol. The van der Waals surface area contributed by atoms with Gasteiger partial charge >= 0.3 is 0 Å². The minimum Gasteiger partial charge on any atom is -0.390 e. The van der Waals surface area contributed by atoms with Crippen molar-refractivity contribution < 1.29 is 10.2 Å². The second-order valence-electron chi connectivity index (χ2n) is 4.52. The number of aliphatic hydroxyl groups is 2. The second-order valence-corrected chi connectivity index (χ2v) is 4.96. The number of benzene rings is 2. The first-order valence-corrected chi connectivity index (χ1v) is 6.98. The maximum atomic E-state index is 10.1. The lowest BCUT2D eigenvalue weighted by molar-refractivity contribution is 0.0173. The fourth-order valence-corrected chi connectivity index (χ4v) is 2.31. The van der Waals surface area contributed by atoms with E-state index in [2.05, 4.69) is 12.6 Å². The molecule has 0 fully saturated rings. The van der Waals surface area contributed by atoms with Crippen LogP contribution >= 0.6 is 12.6 Å². The molecule has 100 valence electrons. The van der Waals surface area contributed by atoms with Crippen molar-refractivity contribution in [3.8, 4) is 11.1 Å². The van der Waals surface area contributed by atoms with E-state index in [1.54, 1.807) is 0 Å². The van der Waals surface area contributed by atoms with E-state index in [-0.39, 0.29) is 0 Å². The van der Waals surface area contributed by atoms with E-state index in [0.29, 0.717) is 12.2 Å². The largest absolute Gasteiger partial charge is 0.390 e. The van der Waals surface area contributed by atoms with Gasteiger partial charge in [0.15, 0.2) is 0 Å². The Kier molecular flexibility index (Phi) is 5.02. The second kappa shape index (κ2) is 6.75. The first-order chi connectivity index (χ1) is 9.22. The summed E-state index contributed by atoms with van der Waals surface area (Å²) in [6, 6.07) is 17.6. The molecule has 0 heterocycles. The maximum absolute atomic E-state index is 10.1. The molecule has 0 radical (unpaired) electrons. The van der Waals surface area contributed by atoms with Gasteiger partial charge in [0.1, 0.15) is 6.10 Å². The van der Waals surface area contributed by atoms with E-state index in [9.17, 15) is 10.2 Å². The van der Waals surface area contributed by atoms with E-state index in [1.165, 1.54) is 0 Å². The molecule has 0 aliphatic carbocycles. The van der Waals surface area contributed by atoms with Crippen LogP contribution in [0.2, 0.25) is 0 Å². The third-order valence-electron chi connectivity index (χ3n) is 3.12. The molecule has 2 atom stereocenters. The maximum Gasteiger partial charge on any atom is 0.105 e. The third-order valence-corrected chi connectivity index (χ3v) is 3.38. The number of hydrogen-bond acceptors (Lipinski definition) is 3. The van der Waals surface area contributed by atoms with Gasteiger partial charge in [-0.1, -0.05) is 48.5 Å². The Balaban J connectivity index is 2.25. The third kappa shape index (κ3) is 3.60. The Labute approximate surface area is 119 Å². The van der Waals surface area contributed by atoms with Crippen molar-refractivity contribution in [1.29, 1.82) is 0 Å². The van der Waals surface area contributed by atoms with E-state index < -0.39 is 12.2 Å². The number of hydrogen-bond donors (Lipinski definition) is 3. The zero-order chi connectivity index (χ0) is 13.7. The van der Waals surface area contributed by atoms with Gasteiger partial charge in [-0.25, -0.2) is 0 Å². The van der Waals surface area contributed by atoms with Crippen LogP contribution in [0.1, 0.15) is 18.1 Å². The lowest BCUT2D eigenvalue weighted by Crippen LogP contribution is -2.18. The number of rotatable bonds is 5. The molecule has 19 heavy (non-hydrogen) atoms. The molecule has 0 aliphatic heterocycles. The molecule has 0 saturated carbocycles. The summed E-state index contributed by atoms with van der Waals surface area (Å²) in [5, 5.41) is 19.9. The molecule has 2 unspecified atom stereocenters. The van der Waals surface area contributed by atoms with Crippen LogP contribution in [0.4, 0.5) is 0 Å². The van der Waals surface area contributed by atoms with Crippen molar-refractivity contribution in [2.75, 3.05) is 5.75 Å². The van der Waals surface area contributed by atoms with Gasteiger partial charge in [0, 0.05) is 0 Å². The number of thiol groups is 1. The zero-order valence-electron chi connectivity index (χ0n) is 10.6. The molecule has 0 aliphatic rings. The van der Waals surface area contributed by atoms with Crippen LogP contribution in [0.25, 0.3) is 11.1 Å². The van der Waals surface area contributed by atoms with Gasteiger partial charge < -0.3 is 10.2 Å². The van der Waals surface area contributed by atoms with Crippen LogP contribution in [-0.2, 0) is 0 Å². The van der Waals surface area contributed by atoms with E-state index in [0.717, 1.165) is 16.7 Å². The summed E-state index contributed by atoms with van der Waals surface area (Å²) in [5.74, 6) is 0.552. The van der Waals surface area contributed by atoms with Crippen LogP contribution in [0.5, 0.6) is 0 Å². The predicted octanol–water partition coefficient (Wildman–Crippen LogP) is 3.07. The minimum atomic E-state index is -0.865. The normalized spacial score (nSPS) is 14.1. The van der Waals surface area contributed by atoms with Gasteiger partial charge in [-0.3, -0.25) is 0 Å². The van der Waals surface area contributed by atoms with Crippen LogP contribution in [0, 0.1) is 0 Å². The molecule has 0 spiro atoms. The average Bonchev–Trinajstić information content (AvgIpc) is 2.48. The van der Waals surface area contributed by atoms with E-state index in [4.69, 9.17) is 0 Å². The topological polar surface area (TPSA) is 40.5 Å². The van der Waals surface area contributed by atoms with Gasteiger partial charge in [0.05, 0.1) is 6.10 Å². The molecule has 0 saturated heterocycles. The molecule has 0 aromatic heterocycles. The zero-order valence-corrected chi connectivity index (χ0v) is 11.5. The summed E-state index contributed by atoms with van der Waals surface area (Å²) in [5.41, 5.74) is 2.87. The minimum absolute atomic E-state index is 0.472. The Bertz CT molecular complexity index is 513. The lowest BCUT2D eigenvalue weighted by atomic mass is 9.97. The SMILES string of the molecule is OC(CCS)C(O)c1cccc(-c2ccccc2)c1. The van der Waals surface area contributed by atoms with Crippen LogP contribution in [0.3, 0.4) is 0 Å². The number of aliphatic hydroxyl groups excluding tert-OH is 2. The van der Waals surface area contributed by atoms with Gasteiger partial charge in [-0.2, -0.15) is 12.6 Å². The molecule has 0 amide bonds. The highest BCUT2D eigenvalue weighted by molar-refractivity contribution is 7.80. The monoisotopic (exact) mass is 274 g/mol. The Morgan fingerprint density at radius 2 is 1.58 bits per heavy atom. The molecule has 2 aromatic rings. The molecular formula is C16H18O2S. The van der Waals surface area contributed by atoms with Crippen molar-refractivity contribution in [1.82, 2.24) is 0 Å². The lowest BCUT2D eigenvalue weighted by Gasteiger charge is -2.18. The molecule has 2 aromatic carbocycles. The summed E-state index contributed by atoms with van der Waals surface area (Å²) in [6.45, 7) is 0. The Morgan fingerprint density at radius 3 is 2.26 bits per heavy atom. The van der Waals surface area contributed by atoms with Crippen molar-refractivity contribution in [2.45, 2.75) is 18.6 Å². The highest BCUT2D eigenvalue weighted by Crippen LogP contribution is 2.25. The summed E-state index contributed by atoms with van der Waals surface area (Å²) >= 11 is 4.07. The Morgan fingerprint density at radius 1 is 0.895 bits per heavy atom. The van der Waals surface area contributed by atoms with Crippen LogP contribution in [-0.4, -0.2) is 22.1 Å². The Hall–Kier alpha value is -1.29. The highest BCUT2D eigenvalue weighted by Gasteiger charge is 2.17.